The molecular weight excluding hydrogens is 337 g/mol. The molecule has 1 amide bonds. The number of carbonyl (C=O) groups excluding carboxylic acids is 1. The molecule has 0 aliphatic carbocycles. The number of aromatic nitrogens is 2. The lowest BCUT2D eigenvalue weighted by Crippen LogP contribution is -2.36. The second-order valence-corrected chi connectivity index (χ2v) is 7.05. The zero-order valence-electron chi connectivity index (χ0n) is 14.2. The number of halogens is 1. The molecule has 2 aromatic heterocycles. The Kier molecular flexibility index (Phi) is 5.28. The molecule has 3 aromatic rings. The smallest absolute Gasteiger partial charge is 0.264 e. The maximum Gasteiger partial charge on any atom is 0.264 e. The summed E-state index contributed by atoms with van der Waals surface area (Å²) >= 11 is 1.44. The second-order valence-electron chi connectivity index (χ2n) is 6.11. The first-order valence-corrected chi connectivity index (χ1v) is 9.01. The highest BCUT2D eigenvalue weighted by molar-refractivity contribution is 7.12. The highest BCUT2D eigenvalue weighted by atomic mass is 32.1. The molecule has 0 saturated heterocycles. The number of thiophene rings is 1. The van der Waals surface area contributed by atoms with Crippen molar-refractivity contribution in [2.75, 3.05) is 0 Å². The molecule has 6 heteroatoms. The quantitative estimate of drug-likeness (QED) is 0.664. The molecule has 130 valence electrons. The molecule has 0 spiro atoms. The predicted molar refractivity (Wildman–Crippen MR) is 97.1 cm³/mol. The van der Waals surface area contributed by atoms with Gasteiger partial charge < -0.3 is 9.47 Å². The largest absolute Gasteiger partial charge is 0.329 e. The number of hydrogen-bond acceptors (Lipinski definition) is 3. The average molecular weight is 357 g/mol. The third-order valence-electron chi connectivity index (χ3n) is 3.97. The highest BCUT2D eigenvalue weighted by Gasteiger charge is 2.21. The van der Waals surface area contributed by atoms with Crippen molar-refractivity contribution in [1.82, 2.24) is 14.5 Å². The minimum absolute atomic E-state index is 0.00491. The third-order valence-corrected chi connectivity index (χ3v) is 4.83. The van der Waals surface area contributed by atoms with Crippen molar-refractivity contribution < 1.29 is 9.18 Å². The van der Waals surface area contributed by atoms with E-state index in [1.165, 1.54) is 23.5 Å². The van der Waals surface area contributed by atoms with E-state index in [0.717, 1.165) is 16.3 Å². The molecule has 0 radical (unpaired) electrons. The summed E-state index contributed by atoms with van der Waals surface area (Å²) in [5.74, 6) is 0.531. The molecule has 0 aliphatic rings. The fourth-order valence-corrected chi connectivity index (χ4v) is 3.33. The Morgan fingerprint density at radius 2 is 2.16 bits per heavy atom. The van der Waals surface area contributed by atoms with Crippen LogP contribution in [-0.4, -0.2) is 26.4 Å². The van der Waals surface area contributed by atoms with Gasteiger partial charge in [0.2, 0.25) is 0 Å². The number of nitrogens with zero attached hydrogens (tertiary/aromatic N) is 3. The lowest BCUT2D eigenvalue weighted by atomic mass is 10.2. The summed E-state index contributed by atoms with van der Waals surface area (Å²) in [5, 5.41) is 1.90. The van der Waals surface area contributed by atoms with Crippen LogP contribution < -0.4 is 0 Å². The van der Waals surface area contributed by atoms with Gasteiger partial charge in [0.25, 0.3) is 5.91 Å². The number of carbonyl (C=O) groups is 1. The molecule has 0 bridgehead atoms. The van der Waals surface area contributed by atoms with Gasteiger partial charge in [-0.1, -0.05) is 18.2 Å². The summed E-state index contributed by atoms with van der Waals surface area (Å²) < 4.78 is 15.3. The first-order chi connectivity index (χ1) is 12.0. The van der Waals surface area contributed by atoms with Crippen LogP contribution >= 0.6 is 11.3 Å². The molecule has 4 nitrogen and oxygen atoms in total. The number of imidazole rings is 1. The van der Waals surface area contributed by atoms with Gasteiger partial charge in [-0.25, -0.2) is 9.37 Å². The van der Waals surface area contributed by atoms with Crippen molar-refractivity contribution in [3.63, 3.8) is 0 Å². The molecule has 3 rings (SSSR count). The minimum atomic E-state index is -0.254. The highest BCUT2D eigenvalue weighted by Crippen LogP contribution is 2.17. The Balaban J connectivity index is 1.80. The third kappa shape index (κ3) is 4.14. The lowest BCUT2D eigenvalue weighted by Gasteiger charge is -2.26. The van der Waals surface area contributed by atoms with E-state index in [4.69, 9.17) is 0 Å². The van der Waals surface area contributed by atoms with E-state index in [-0.39, 0.29) is 17.8 Å². The van der Waals surface area contributed by atoms with E-state index in [1.807, 2.05) is 48.2 Å². The van der Waals surface area contributed by atoms with E-state index in [0.29, 0.717) is 13.1 Å². The maximum absolute atomic E-state index is 13.4. The first kappa shape index (κ1) is 17.4. The van der Waals surface area contributed by atoms with Crippen LogP contribution in [-0.2, 0) is 13.1 Å². The minimum Gasteiger partial charge on any atom is -0.329 e. The monoisotopic (exact) mass is 357 g/mol. The average Bonchev–Trinajstić information content (AvgIpc) is 3.24. The molecule has 1 aromatic carbocycles. The van der Waals surface area contributed by atoms with Crippen LogP contribution in [0.5, 0.6) is 0 Å². The normalized spacial score (nSPS) is 11.0. The molecule has 0 atom stereocenters. The van der Waals surface area contributed by atoms with Crippen LogP contribution in [0.1, 0.15) is 34.9 Å². The topological polar surface area (TPSA) is 38.1 Å². The Hall–Kier alpha value is -2.47. The van der Waals surface area contributed by atoms with Crippen molar-refractivity contribution in [2.45, 2.75) is 33.0 Å². The summed E-state index contributed by atoms with van der Waals surface area (Å²) in [6.07, 6.45) is 3.57. The molecule has 0 unspecified atom stereocenters. The summed E-state index contributed by atoms with van der Waals surface area (Å²) in [5.41, 5.74) is 0.861. The van der Waals surface area contributed by atoms with Gasteiger partial charge in [-0.3, -0.25) is 4.79 Å². The van der Waals surface area contributed by atoms with Gasteiger partial charge in [0, 0.05) is 25.0 Å². The predicted octanol–water partition coefficient (Wildman–Crippen LogP) is 4.18. The summed E-state index contributed by atoms with van der Waals surface area (Å²) in [6, 6.07) is 10.3. The SMILES string of the molecule is CC(C)N(Cc1nccn1Cc1cccc(F)c1)C(=O)c1cccs1. The molecule has 25 heavy (non-hydrogen) atoms. The Morgan fingerprint density at radius 3 is 2.84 bits per heavy atom. The number of amides is 1. The van der Waals surface area contributed by atoms with Crippen molar-refractivity contribution in [3.8, 4) is 0 Å². The van der Waals surface area contributed by atoms with E-state index in [1.54, 1.807) is 17.2 Å². The zero-order chi connectivity index (χ0) is 17.8. The van der Waals surface area contributed by atoms with E-state index < -0.39 is 0 Å². The van der Waals surface area contributed by atoms with Crippen LogP contribution in [0.4, 0.5) is 4.39 Å². The fourth-order valence-electron chi connectivity index (χ4n) is 2.65. The molecule has 0 N–H and O–H groups in total. The molecule has 0 fully saturated rings. The van der Waals surface area contributed by atoms with Gasteiger partial charge in [0.05, 0.1) is 11.4 Å². The van der Waals surface area contributed by atoms with Crippen molar-refractivity contribution >= 4 is 17.2 Å². The maximum atomic E-state index is 13.4. The van der Waals surface area contributed by atoms with Crippen LogP contribution in [0.15, 0.2) is 54.2 Å². The van der Waals surface area contributed by atoms with Crippen LogP contribution in [0, 0.1) is 5.82 Å². The standard InChI is InChI=1S/C19H20FN3OS/c1-14(2)23(19(24)17-7-4-10-25-17)13-18-21-8-9-22(18)12-15-5-3-6-16(20)11-15/h3-11,14H,12-13H2,1-2H3. The van der Waals surface area contributed by atoms with Crippen molar-refractivity contribution in [2.24, 2.45) is 0 Å². The fraction of sp³-hybridized carbons (Fsp3) is 0.263. The summed E-state index contributed by atoms with van der Waals surface area (Å²) in [4.78, 5) is 19.7. The van der Waals surface area contributed by atoms with Crippen LogP contribution in [0.3, 0.4) is 0 Å². The van der Waals surface area contributed by atoms with Gasteiger partial charge in [-0.2, -0.15) is 0 Å². The van der Waals surface area contributed by atoms with Crippen molar-refractivity contribution in [3.05, 3.63) is 76.3 Å². The van der Waals surface area contributed by atoms with Gasteiger partial charge in [0.1, 0.15) is 11.6 Å². The summed E-state index contributed by atoms with van der Waals surface area (Å²) in [7, 11) is 0. The molecule has 2 heterocycles. The van der Waals surface area contributed by atoms with Crippen molar-refractivity contribution in [1.29, 1.82) is 0 Å². The Bertz CT molecular complexity index is 842. The second kappa shape index (κ2) is 7.61. The van der Waals surface area contributed by atoms with Gasteiger partial charge in [-0.15, -0.1) is 11.3 Å². The molecule has 0 aliphatic heterocycles. The first-order valence-electron chi connectivity index (χ1n) is 8.13. The summed E-state index contributed by atoms with van der Waals surface area (Å²) in [6.45, 7) is 4.92. The number of rotatable bonds is 6. The van der Waals surface area contributed by atoms with Gasteiger partial charge >= 0.3 is 0 Å². The lowest BCUT2D eigenvalue weighted by molar-refractivity contribution is 0.0688. The van der Waals surface area contributed by atoms with Crippen LogP contribution in [0.25, 0.3) is 0 Å². The van der Waals surface area contributed by atoms with Crippen LogP contribution in [0.2, 0.25) is 0 Å². The van der Waals surface area contributed by atoms with E-state index >= 15 is 0 Å². The Labute approximate surface area is 150 Å². The van der Waals surface area contributed by atoms with E-state index in [9.17, 15) is 9.18 Å². The Morgan fingerprint density at radius 1 is 1.32 bits per heavy atom. The molecular formula is C19H20FN3OS. The number of hydrogen-bond donors (Lipinski definition) is 0. The van der Waals surface area contributed by atoms with E-state index in [2.05, 4.69) is 4.98 Å². The van der Waals surface area contributed by atoms with Gasteiger partial charge in [0.15, 0.2) is 0 Å². The number of benzene rings is 1. The van der Waals surface area contributed by atoms with Gasteiger partial charge in [-0.05, 0) is 43.0 Å². The molecule has 0 saturated carbocycles. The zero-order valence-corrected chi connectivity index (χ0v) is 15.0.